The van der Waals surface area contributed by atoms with Crippen molar-refractivity contribution in [2.24, 2.45) is 5.73 Å². The zero-order chi connectivity index (χ0) is 16.1. The molecule has 23 heavy (non-hydrogen) atoms. The van der Waals surface area contributed by atoms with Crippen LogP contribution in [-0.2, 0) is 6.42 Å². The topological polar surface area (TPSA) is 91.4 Å². The maximum atomic E-state index is 8.83. The van der Waals surface area contributed by atoms with Crippen molar-refractivity contribution in [1.29, 1.82) is 5.26 Å². The Hall–Kier alpha value is -2.97. The van der Waals surface area contributed by atoms with E-state index in [4.69, 9.17) is 11.0 Å². The van der Waals surface area contributed by atoms with Gasteiger partial charge in [0.15, 0.2) is 5.82 Å². The van der Waals surface area contributed by atoms with E-state index in [1.165, 1.54) is 5.56 Å². The molecule has 1 atom stereocenters. The lowest BCUT2D eigenvalue weighted by atomic mass is 10.1. The van der Waals surface area contributed by atoms with Crippen molar-refractivity contribution < 1.29 is 0 Å². The maximum Gasteiger partial charge on any atom is 0.181 e. The molecule has 3 N–H and O–H groups in total. The SMILES string of the molecule is N#Cc1ccc(-c2n[nH]c([C@H](N)CCc3ccccc3)n2)cc1. The predicted molar refractivity (Wildman–Crippen MR) is 88.2 cm³/mol. The van der Waals surface area contributed by atoms with E-state index in [9.17, 15) is 0 Å². The average molecular weight is 303 g/mol. The van der Waals surface area contributed by atoms with Gasteiger partial charge < -0.3 is 5.73 Å². The van der Waals surface area contributed by atoms with Crippen molar-refractivity contribution in [2.75, 3.05) is 0 Å². The minimum absolute atomic E-state index is 0.185. The first-order chi connectivity index (χ1) is 11.3. The number of aromatic amines is 1. The van der Waals surface area contributed by atoms with Crippen molar-refractivity contribution in [3.05, 3.63) is 71.5 Å². The Bertz CT molecular complexity index is 799. The van der Waals surface area contributed by atoms with Crippen molar-refractivity contribution in [3.63, 3.8) is 0 Å². The molecule has 0 aliphatic rings. The second-order valence-corrected chi connectivity index (χ2v) is 5.36. The van der Waals surface area contributed by atoms with Crippen molar-refractivity contribution in [2.45, 2.75) is 18.9 Å². The van der Waals surface area contributed by atoms with Crippen LogP contribution in [0.15, 0.2) is 54.6 Å². The molecule has 0 fully saturated rings. The fraction of sp³-hybridized carbons (Fsp3) is 0.167. The van der Waals surface area contributed by atoms with E-state index < -0.39 is 0 Å². The molecule has 1 heterocycles. The summed E-state index contributed by atoms with van der Waals surface area (Å²) in [4.78, 5) is 4.47. The first-order valence-electron chi connectivity index (χ1n) is 7.48. The van der Waals surface area contributed by atoms with Crippen LogP contribution in [0.1, 0.15) is 29.4 Å². The van der Waals surface area contributed by atoms with E-state index in [0.29, 0.717) is 17.2 Å². The van der Waals surface area contributed by atoms with Crippen LogP contribution in [0.3, 0.4) is 0 Å². The second-order valence-electron chi connectivity index (χ2n) is 5.36. The number of benzene rings is 2. The van der Waals surface area contributed by atoms with Gasteiger partial charge in [0.25, 0.3) is 0 Å². The smallest absolute Gasteiger partial charge is 0.181 e. The highest BCUT2D eigenvalue weighted by Crippen LogP contribution is 2.19. The third kappa shape index (κ3) is 3.62. The van der Waals surface area contributed by atoms with Crippen LogP contribution < -0.4 is 5.73 Å². The zero-order valence-electron chi connectivity index (χ0n) is 12.6. The standard InChI is InChI=1S/C18H17N5/c19-12-14-6-9-15(10-7-14)17-21-18(23-22-17)16(20)11-8-13-4-2-1-3-5-13/h1-7,9-10,16H,8,11,20H2,(H,21,22,23)/t16-/m1/s1. The molecule has 3 rings (SSSR count). The Morgan fingerprint density at radius 3 is 2.52 bits per heavy atom. The number of nitriles is 1. The number of nitrogens with one attached hydrogen (secondary N) is 1. The molecule has 0 aliphatic carbocycles. The molecule has 5 nitrogen and oxygen atoms in total. The van der Waals surface area contributed by atoms with Crippen molar-refractivity contribution >= 4 is 0 Å². The predicted octanol–water partition coefficient (Wildman–Crippen LogP) is 2.98. The normalized spacial score (nSPS) is 11.8. The van der Waals surface area contributed by atoms with Crippen LogP contribution in [0.2, 0.25) is 0 Å². The van der Waals surface area contributed by atoms with Gasteiger partial charge in [-0.2, -0.15) is 10.4 Å². The van der Waals surface area contributed by atoms with Crippen LogP contribution in [0, 0.1) is 11.3 Å². The van der Waals surface area contributed by atoms with Gasteiger partial charge in [-0.25, -0.2) is 4.98 Å². The van der Waals surface area contributed by atoms with Gasteiger partial charge in [0.2, 0.25) is 0 Å². The van der Waals surface area contributed by atoms with E-state index in [2.05, 4.69) is 33.4 Å². The van der Waals surface area contributed by atoms with Gasteiger partial charge in [-0.3, -0.25) is 5.10 Å². The molecule has 1 aromatic heterocycles. The van der Waals surface area contributed by atoms with Crippen LogP contribution in [-0.4, -0.2) is 15.2 Å². The number of nitrogens with two attached hydrogens (primary N) is 1. The lowest BCUT2D eigenvalue weighted by Crippen LogP contribution is -2.13. The number of rotatable bonds is 5. The van der Waals surface area contributed by atoms with Crippen LogP contribution in [0.5, 0.6) is 0 Å². The summed E-state index contributed by atoms with van der Waals surface area (Å²) in [5.74, 6) is 1.28. The summed E-state index contributed by atoms with van der Waals surface area (Å²) in [6, 6.07) is 19.3. The summed E-state index contributed by atoms with van der Waals surface area (Å²) >= 11 is 0. The van der Waals surface area contributed by atoms with E-state index in [0.717, 1.165) is 18.4 Å². The molecular weight excluding hydrogens is 286 g/mol. The molecule has 0 spiro atoms. The number of hydrogen-bond acceptors (Lipinski definition) is 4. The summed E-state index contributed by atoms with van der Waals surface area (Å²) < 4.78 is 0. The minimum atomic E-state index is -0.185. The molecule has 0 saturated carbocycles. The molecule has 0 bridgehead atoms. The first kappa shape index (κ1) is 14.9. The summed E-state index contributed by atoms with van der Waals surface area (Å²) in [6.07, 6.45) is 1.70. The third-order valence-electron chi connectivity index (χ3n) is 3.71. The number of hydrogen-bond donors (Lipinski definition) is 2. The quantitative estimate of drug-likeness (QED) is 0.758. The zero-order valence-corrected chi connectivity index (χ0v) is 12.6. The Kier molecular flexibility index (Phi) is 4.46. The van der Waals surface area contributed by atoms with Crippen LogP contribution in [0.25, 0.3) is 11.4 Å². The van der Waals surface area contributed by atoms with Crippen LogP contribution >= 0.6 is 0 Å². The van der Waals surface area contributed by atoms with Gasteiger partial charge in [-0.05, 0) is 42.7 Å². The number of H-pyrrole nitrogens is 1. The highest BCUT2D eigenvalue weighted by molar-refractivity contribution is 5.56. The van der Waals surface area contributed by atoms with Gasteiger partial charge in [0, 0.05) is 5.56 Å². The lowest BCUT2D eigenvalue weighted by molar-refractivity contribution is 0.615. The molecule has 0 radical (unpaired) electrons. The number of nitrogens with zero attached hydrogens (tertiary/aromatic N) is 3. The molecule has 0 amide bonds. The first-order valence-corrected chi connectivity index (χ1v) is 7.48. The molecule has 5 heteroatoms. The molecule has 3 aromatic rings. The summed E-state index contributed by atoms with van der Waals surface area (Å²) in [5, 5.41) is 16.0. The highest BCUT2D eigenvalue weighted by Gasteiger charge is 2.13. The molecule has 0 aliphatic heterocycles. The van der Waals surface area contributed by atoms with Gasteiger partial charge >= 0.3 is 0 Å². The summed E-state index contributed by atoms with van der Waals surface area (Å²) in [6.45, 7) is 0. The molecular formula is C18H17N5. The third-order valence-corrected chi connectivity index (χ3v) is 3.71. The van der Waals surface area contributed by atoms with Crippen molar-refractivity contribution in [3.8, 4) is 17.5 Å². The molecule has 0 saturated heterocycles. The number of aryl methyl sites for hydroxylation is 1. The Morgan fingerprint density at radius 1 is 1.09 bits per heavy atom. The number of aromatic nitrogens is 3. The largest absolute Gasteiger partial charge is 0.321 e. The fourth-order valence-electron chi connectivity index (χ4n) is 2.37. The summed E-state index contributed by atoms with van der Waals surface area (Å²) in [5.41, 5.74) is 8.94. The minimum Gasteiger partial charge on any atom is -0.321 e. The van der Waals surface area contributed by atoms with Crippen molar-refractivity contribution in [1.82, 2.24) is 15.2 Å². The average Bonchev–Trinajstić information content (AvgIpc) is 3.11. The van der Waals surface area contributed by atoms with E-state index in [1.807, 2.05) is 30.3 Å². The Balaban J connectivity index is 1.67. The van der Waals surface area contributed by atoms with E-state index in [1.54, 1.807) is 12.1 Å². The second kappa shape index (κ2) is 6.86. The highest BCUT2D eigenvalue weighted by atomic mass is 15.2. The van der Waals surface area contributed by atoms with Crippen LogP contribution in [0.4, 0.5) is 0 Å². The van der Waals surface area contributed by atoms with Gasteiger partial charge in [0.05, 0.1) is 17.7 Å². The van der Waals surface area contributed by atoms with Gasteiger partial charge in [0.1, 0.15) is 5.82 Å². The fourth-order valence-corrected chi connectivity index (χ4v) is 2.37. The van der Waals surface area contributed by atoms with E-state index in [-0.39, 0.29) is 6.04 Å². The van der Waals surface area contributed by atoms with Gasteiger partial charge in [-0.1, -0.05) is 30.3 Å². The monoisotopic (exact) mass is 303 g/mol. The van der Waals surface area contributed by atoms with Gasteiger partial charge in [-0.15, -0.1) is 0 Å². The van der Waals surface area contributed by atoms with E-state index >= 15 is 0 Å². The molecule has 114 valence electrons. The maximum absolute atomic E-state index is 8.83. The molecule has 2 aromatic carbocycles. The lowest BCUT2D eigenvalue weighted by Gasteiger charge is -2.07. The molecule has 0 unspecified atom stereocenters. The Labute approximate surface area is 134 Å². The Morgan fingerprint density at radius 2 is 1.83 bits per heavy atom. The summed E-state index contributed by atoms with van der Waals surface area (Å²) in [7, 11) is 0.